The summed E-state index contributed by atoms with van der Waals surface area (Å²) in [6, 6.07) is 9.16. The van der Waals surface area contributed by atoms with Gasteiger partial charge in [-0.1, -0.05) is 41.4 Å². The lowest BCUT2D eigenvalue weighted by Gasteiger charge is -2.09. The van der Waals surface area contributed by atoms with Crippen LogP contribution in [0.1, 0.15) is 10.4 Å². The maximum absolute atomic E-state index is 13.8. The molecule has 0 atom stereocenters. The molecule has 0 N–H and O–H groups in total. The molecule has 0 aromatic heterocycles. The molecule has 0 amide bonds. The van der Waals surface area contributed by atoms with E-state index in [1.165, 1.54) is 19.2 Å². The van der Waals surface area contributed by atoms with E-state index in [0.29, 0.717) is 21.2 Å². The van der Waals surface area contributed by atoms with E-state index in [9.17, 15) is 9.18 Å². The zero-order chi connectivity index (χ0) is 14.0. The smallest absolute Gasteiger partial charge is 0.341 e. The standard InChI is InChI=1S/C14H9Cl2FO2/c1-19-14(18)13-9(3-2-4-12(13)17)8-5-6-10(15)11(16)7-8/h2-7H,1H3. The minimum Gasteiger partial charge on any atom is -0.465 e. The van der Waals surface area contributed by atoms with Crippen LogP contribution in [-0.2, 0) is 4.74 Å². The van der Waals surface area contributed by atoms with Crippen molar-refractivity contribution in [2.75, 3.05) is 7.11 Å². The predicted octanol–water partition coefficient (Wildman–Crippen LogP) is 4.59. The number of carbonyl (C=O) groups is 1. The van der Waals surface area contributed by atoms with Crippen molar-refractivity contribution in [1.29, 1.82) is 0 Å². The Labute approximate surface area is 119 Å². The first-order valence-electron chi connectivity index (χ1n) is 5.37. The summed E-state index contributed by atoms with van der Waals surface area (Å²) in [6.07, 6.45) is 0. The van der Waals surface area contributed by atoms with Gasteiger partial charge in [0.1, 0.15) is 11.4 Å². The molecule has 2 nitrogen and oxygen atoms in total. The van der Waals surface area contributed by atoms with Crippen LogP contribution in [0.3, 0.4) is 0 Å². The summed E-state index contributed by atoms with van der Waals surface area (Å²) in [7, 11) is 1.20. The maximum atomic E-state index is 13.8. The molecule has 0 saturated heterocycles. The number of carbonyl (C=O) groups excluding carboxylic acids is 1. The predicted molar refractivity (Wildman–Crippen MR) is 73.2 cm³/mol. The number of benzene rings is 2. The summed E-state index contributed by atoms with van der Waals surface area (Å²) in [5, 5.41) is 0.723. The molecular formula is C14H9Cl2FO2. The van der Waals surface area contributed by atoms with Gasteiger partial charge in [-0.15, -0.1) is 0 Å². The van der Waals surface area contributed by atoms with Gasteiger partial charge in [0, 0.05) is 0 Å². The molecule has 0 radical (unpaired) electrons. The lowest BCUT2D eigenvalue weighted by Crippen LogP contribution is -2.06. The molecule has 0 aliphatic rings. The third kappa shape index (κ3) is 2.72. The largest absolute Gasteiger partial charge is 0.465 e. The lowest BCUT2D eigenvalue weighted by atomic mass is 9.99. The number of rotatable bonds is 2. The average Bonchev–Trinajstić information content (AvgIpc) is 2.41. The second-order valence-electron chi connectivity index (χ2n) is 3.78. The maximum Gasteiger partial charge on any atom is 0.341 e. The van der Waals surface area contributed by atoms with Crippen LogP contribution in [0.25, 0.3) is 11.1 Å². The number of hydrogen-bond donors (Lipinski definition) is 0. The molecule has 2 aromatic rings. The van der Waals surface area contributed by atoms with Gasteiger partial charge in [-0.05, 0) is 29.3 Å². The Morgan fingerprint density at radius 1 is 1.16 bits per heavy atom. The normalized spacial score (nSPS) is 10.3. The van der Waals surface area contributed by atoms with Gasteiger partial charge >= 0.3 is 5.97 Å². The SMILES string of the molecule is COC(=O)c1c(F)cccc1-c1ccc(Cl)c(Cl)c1. The van der Waals surface area contributed by atoms with Crippen molar-refractivity contribution in [1.82, 2.24) is 0 Å². The molecule has 19 heavy (non-hydrogen) atoms. The Kier molecular flexibility index (Phi) is 4.08. The molecule has 5 heteroatoms. The van der Waals surface area contributed by atoms with Gasteiger partial charge in [-0.3, -0.25) is 0 Å². The highest BCUT2D eigenvalue weighted by molar-refractivity contribution is 6.42. The van der Waals surface area contributed by atoms with Crippen molar-refractivity contribution in [3.8, 4) is 11.1 Å². The monoisotopic (exact) mass is 298 g/mol. The van der Waals surface area contributed by atoms with Crippen LogP contribution in [-0.4, -0.2) is 13.1 Å². The van der Waals surface area contributed by atoms with E-state index in [-0.39, 0.29) is 5.56 Å². The highest BCUT2D eigenvalue weighted by atomic mass is 35.5. The summed E-state index contributed by atoms with van der Waals surface area (Å²) in [5.41, 5.74) is 0.878. The highest BCUT2D eigenvalue weighted by Crippen LogP contribution is 2.31. The second kappa shape index (κ2) is 5.59. The van der Waals surface area contributed by atoms with Crippen LogP contribution >= 0.6 is 23.2 Å². The van der Waals surface area contributed by atoms with E-state index in [2.05, 4.69) is 4.74 Å². The van der Waals surface area contributed by atoms with Gasteiger partial charge in [0.2, 0.25) is 0 Å². The Morgan fingerprint density at radius 2 is 1.89 bits per heavy atom. The van der Waals surface area contributed by atoms with Crippen LogP contribution in [0.2, 0.25) is 10.0 Å². The Balaban J connectivity index is 2.65. The Hall–Kier alpha value is -1.58. The zero-order valence-electron chi connectivity index (χ0n) is 9.91. The molecule has 0 fully saturated rings. The second-order valence-corrected chi connectivity index (χ2v) is 4.60. The van der Waals surface area contributed by atoms with Crippen LogP contribution in [0.15, 0.2) is 36.4 Å². The first kappa shape index (κ1) is 13.8. The van der Waals surface area contributed by atoms with Crippen molar-refractivity contribution in [3.63, 3.8) is 0 Å². The Bertz CT molecular complexity index is 641. The minimum atomic E-state index is -0.737. The van der Waals surface area contributed by atoms with E-state index >= 15 is 0 Å². The van der Waals surface area contributed by atoms with Gasteiger partial charge in [0.05, 0.1) is 17.2 Å². The number of esters is 1. The van der Waals surface area contributed by atoms with Crippen LogP contribution in [0, 0.1) is 5.82 Å². The average molecular weight is 299 g/mol. The molecule has 0 spiro atoms. The molecule has 0 bridgehead atoms. The minimum absolute atomic E-state index is 0.122. The Morgan fingerprint density at radius 3 is 2.53 bits per heavy atom. The molecule has 0 saturated carbocycles. The van der Waals surface area contributed by atoms with E-state index in [1.54, 1.807) is 24.3 Å². The number of hydrogen-bond acceptors (Lipinski definition) is 2. The highest BCUT2D eigenvalue weighted by Gasteiger charge is 2.18. The van der Waals surface area contributed by atoms with Gasteiger partial charge in [0.25, 0.3) is 0 Å². The molecular weight excluding hydrogens is 290 g/mol. The third-order valence-corrected chi connectivity index (χ3v) is 3.37. The van der Waals surface area contributed by atoms with Gasteiger partial charge < -0.3 is 4.74 Å². The molecule has 98 valence electrons. The van der Waals surface area contributed by atoms with Gasteiger partial charge in [-0.25, -0.2) is 9.18 Å². The first-order chi connectivity index (χ1) is 9.04. The van der Waals surface area contributed by atoms with Crippen LogP contribution < -0.4 is 0 Å². The van der Waals surface area contributed by atoms with Crippen molar-refractivity contribution < 1.29 is 13.9 Å². The number of halogens is 3. The number of ether oxygens (including phenoxy) is 1. The van der Waals surface area contributed by atoms with E-state index in [0.717, 1.165) is 0 Å². The molecule has 0 aliphatic carbocycles. The van der Waals surface area contributed by atoms with Crippen molar-refractivity contribution >= 4 is 29.2 Å². The van der Waals surface area contributed by atoms with Crippen molar-refractivity contribution in [2.24, 2.45) is 0 Å². The molecule has 2 aromatic carbocycles. The summed E-state index contributed by atoms with van der Waals surface area (Å²) in [6.45, 7) is 0. The van der Waals surface area contributed by atoms with E-state index in [4.69, 9.17) is 23.2 Å². The van der Waals surface area contributed by atoms with Crippen molar-refractivity contribution in [3.05, 3.63) is 57.8 Å². The fraction of sp³-hybridized carbons (Fsp3) is 0.0714. The van der Waals surface area contributed by atoms with Gasteiger partial charge in [-0.2, -0.15) is 0 Å². The van der Waals surface area contributed by atoms with E-state index in [1.807, 2.05) is 0 Å². The molecule has 0 heterocycles. The van der Waals surface area contributed by atoms with E-state index < -0.39 is 11.8 Å². The van der Waals surface area contributed by atoms with Crippen LogP contribution in [0.5, 0.6) is 0 Å². The fourth-order valence-electron chi connectivity index (χ4n) is 1.74. The zero-order valence-corrected chi connectivity index (χ0v) is 11.4. The molecule has 0 unspecified atom stereocenters. The fourth-order valence-corrected chi connectivity index (χ4v) is 2.04. The summed E-state index contributed by atoms with van der Waals surface area (Å²) >= 11 is 11.8. The van der Waals surface area contributed by atoms with Crippen LogP contribution in [0.4, 0.5) is 4.39 Å². The lowest BCUT2D eigenvalue weighted by molar-refractivity contribution is 0.0596. The first-order valence-corrected chi connectivity index (χ1v) is 6.12. The third-order valence-electron chi connectivity index (χ3n) is 2.63. The summed E-state index contributed by atoms with van der Waals surface area (Å²) in [5.74, 6) is -1.38. The van der Waals surface area contributed by atoms with Crippen molar-refractivity contribution in [2.45, 2.75) is 0 Å². The number of methoxy groups -OCH3 is 1. The molecule has 0 aliphatic heterocycles. The quantitative estimate of drug-likeness (QED) is 0.758. The summed E-state index contributed by atoms with van der Waals surface area (Å²) < 4.78 is 18.4. The van der Waals surface area contributed by atoms with Gasteiger partial charge in [0.15, 0.2) is 0 Å². The molecule has 2 rings (SSSR count). The summed E-state index contributed by atoms with van der Waals surface area (Å²) in [4.78, 5) is 11.7. The topological polar surface area (TPSA) is 26.3 Å².